The largest absolute Gasteiger partial charge is 0.465 e. The van der Waals surface area contributed by atoms with E-state index in [1.165, 1.54) is 6.42 Å². The maximum Gasteiger partial charge on any atom is 0.326 e. The van der Waals surface area contributed by atoms with E-state index in [9.17, 15) is 4.79 Å². The molecular weight excluding hydrogens is 264 g/mol. The summed E-state index contributed by atoms with van der Waals surface area (Å²) in [6, 6.07) is 0. The van der Waals surface area contributed by atoms with Crippen LogP contribution in [0.3, 0.4) is 0 Å². The SMILES string of the molecule is CCOC(=O)C1(NCCN(CC)CC)CC(C)CC(C)C1. The summed E-state index contributed by atoms with van der Waals surface area (Å²) in [7, 11) is 0. The van der Waals surface area contributed by atoms with Crippen molar-refractivity contribution in [2.45, 2.75) is 59.4 Å². The molecule has 2 atom stereocenters. The van der Waals surface area contributed by atoms with Crippen LogP contribution >= 0.6 is 0 Å². The predicted molar refractivity (Wildman–Crippen MR) is 87.3 cm³/mol. The van der Waals surface area contributed by atoms with E-state index in [1.807, 2.05) is 6.92 Å². The van der Waals surface area contributed by atoms with Gasteiger partial charge in [0.25, 0.3) is 0 Å². The lowest BCUT2D eigenvalue weighted by Gasteiger charge is -2.41. The van der Waals surface area contributed by atoms with E-state index >= 15 is 0 Å². The Labute approximate surface area is 130 Å². The zero-order valence-corrected chi connectivity index (χ0v) is 14.6. The van der Waals surface area contributed by atoms with E-state index in [4.69, 9.17) is 4.74 Å². The number of rotatable bonds is 8. The molecule has 1 aliphatic carbocycles. The van der Waals surface area contributed by atoms with Gasteiger partial charge >= 0.3 is 5.97 Å². The number of likely N-dealkylation sites (N-methyl/N-ethyl adjacent to an activating group) is 1. The smallest absolute Gasteiger partial charge is 0.326 e. The van der Waals surface area contributed by atoms with Crippen molar-refractivity contribution in [3.05, 3.63) is 0 Å². The predicted octanol–water partition coefficient (Wildman–Crippen LogP) is 2.68. The average Bonchev–Trinajstić information content (AvgIpc) is 2.43. The Morgan fingerprint density at radius 3 is 2.24 bits per heavy atom. The average molecular weight is 298 g/mol. The van der Waals surface area contributed by atoms with Crippen LogP contribution in [-0.2, 0) is 9.53 Å². The highest BCUT2D eigenvalue weighted by Crippen LogP contribution is 2.36. The molecule has 1 rings (SSSR count). The molecule has 1 saturated carbocycles. The van der Waals surface area contributed by atoms with Crippen LogP contribution in [0.5, 0.6) is 0 Å². The first-order chi connectivity index (χ1) is 9.97. The summed E-state index contributed by atoms with van der Waals surface area (Å²) >= 11 is 0. The van der Waals surface area contributed by atoms with Gasteiger partial charge in [0, 0.05) is 13.1 Å². The first-order valence-electron chi connectivity index (χ1n) is 8.62. The number of nitrogens with one attached hydrogen (secondary N) is 1. The fourth-order valence-corrected chi connectivity index (χ4v) is 3.77. The topological polar surface area (TPSA) is 41.6 Å². The molecule has 0 spiro atoms. The van der Waals surface area contributed by atoms with Crippen molar-refractivity contribution in [1.82, 2.24) is 10.2 Å². The summed E-state index contributed by atoms with van der Waals surface area (Å²) in [4.78, 5) is 14.9. The number of carbonyl (C=O) groups is 1. The first kappa shape index (κ1) is 18.4. The van der Waals surface area contributed by atoms with Crippen molar-refractivity contribution >= 4 is 5.97 Å². The minimum atomic E-state index is -0.472. The van der Waals surface area contributed by atoms with Crippen LogP contribution in [0, 0.1) is 11.8 Å². The van der Waals surface area contributed by atoms with E-state index in [1.54, 1.807) is 0 Å². The maximum atomic E-state index is 12.5. The summed E-state index contributed by atoms with van der Waals surface area (Å²) in [6.45, 7) is 15.1. The minimum Gasteiger partial charge on any atom is -0.465 e. The Balaban J connectivity index is 2.70. The number of esters is 1. The molecule has 0 aromatic heterocycles. The highest BCUT2D eigenvalue weighted by atomic mass is 16.5. The van der Waals surface area contributed by atoms with Gasteiger partial charge in [-0.3, -0.25) is 4.79 Å². The van der Waals surface area contributed by atoms with Gasteiger partial charge in [0.05, 0.1) is 6.61 Å². The number of carbonyl (C=O) groups excluding carboxylic acids is 1. The first-order valence-corrected chi connectivity index (χ1v) is 8.62. The molecule has 0 radical (unpaired) electrons. The molecule has 0 bridgehead atoms. The Morgan fingerprint density at radius 1 is 1.19 bits per heavy atom. The van der Waals surface area contributed by atoms with Crippen LogP contribution in [0.25, 0.3) is 0 Å². The molecule has 2 unspecified atom stereocenters. The lowest BCUT2D eigenvalue weighted by atomic mass is 9.71. The lowest BCUT2D eigenvalue weighted by Crippen LogP contribution is -2.58. The quantitative estimate of drug-likeness (QED) is 0.700. The Morgan fingerprint density at radius 2 is 1.76 bits per heavy atom. The van der Waals surface area contributed by atoms with E-state index in [0.717, 1.165) is 39.0 Å². The Bertz CT molecular complexity index is 306. The second-order valence-corrected chi connectivity index (χ2v) is 6.61. The molecule has 0 heterocycles. The van der Waals surface area contributed by atoms with Crippen LogP contribution in [0.2, 0.25) is 0 Å². The molecule has 1 fully saturated rings. The zero-order valence-electron chi connectivity index (χ0n) is 14.6. The zero-order chi connectivity index (χ0) is 15.9. The van der Waals surface area contributed by atoms with Crippen LogP contribution in [0.1, 0.15) is 53.9 Å². The third-order valence-electron chi connectivity index (χ3n) is 4.65. The standard InChI is InChI=1S/C17H34N2O2/c1-6-19(7-2)10-9-18-17(16(20)21-8-3)12-14(4)11-15(5)13-17/h14-15,18H,6-13H2,1-5H3. The summed E-state index contributed by atoms with van der Waals surface area (Å²) in [5.41, 5.74) is -0.472. The molecule has 0 aromatic rings. The maximum absolute atomic E-state index is 12.5. The van der Waals surface area contributed by atoms with Gasteiger partial charge in [0.1, 0.15) is 5.54 Å². The second kappa shape index (κ2) is 8.74. The molecule has 1 aliphatic rings. The van der Waals surface area contributed by atoms with Crippen molar-refractivity contribution in [3.63, 3.8) is 0 Å². The van der Waals surface area contributed by atoms with Gasteiger partial charge in [0.2, 0.25) is 0 Å². The van der Waals surface area contributed by atoms with Crippen molar-refractivity contribution < 1.29 is 9.53 Å². The number of ether oxygens (including phenoxy) is 1. The van der Waals surface area contributed by atoms with Crippen molar-refractivity contribution in [3.8, 4) is 0 Å². The van der Waals surface area contributed by atoms with Crippen LogP contribution in [0.4, 0.5) is 0 Å². The number of hydrogen-bond acceptors (Lipinski definition) is 4. The van der Waals surface area contributed by atoms with Gasteiger partial charge < -0.3 is 15.0 Å². The Kier molecular flexibility index (Phi) is 7.67. The molecule has 0 amide bonds. The van der Waals surface area contributed by atoms with Gasteiger partial charge in [-0.2, -0.15) is 0 Å². The van der Waals surface area contributed by atoms with Crippen LogP contribution in [0.15, 0.2) is 0 Å². The fraction of sp³-hybridized carbons (Fsp3) is 0.941. The molecule has 0 saturated heterocycles. The number of hydrogen-bond donors (Lipinski definition) is 1. The molecule has 21 heavy (non-hydrogen) atoms. The highest BCUT2D eigenvalue weighted by Gasteiger charge is 2.44. The second-order valence-electron chi connectivity index (χ2n) is 6.61. The molecule has 1 N–H and O–H groups in total. The van der Waals surface area contributed by atoms with Gasteiger partial charge in [-0.1, -0.05) is 27.7 Å². The third-order valence-corrected chi connectivity index (χ3v) is 4.65. The van der Waals surface area contributed by atoms with E-state index in [-0.39, 0.29) is 5.97 Å². The van der Waals surface area contributed by atoms with Crippen molar-refractivity contribution in [1.29, 1.82) is 0 Å². The molecule has 124 valence electrons. The molecule has 4 heteroatoms. The summed E-state index contributed by atoms with van der Waals surface area (Å²) in [5, 5.41) is 3.56. The summed E-state index contributed by atoms with van der Waals surface area (Å²) < 4.78 is 5.38. The normalized spacial score (nSPS) is 29.6. The van der Waals surface area contributed by atoms with E-state index in [2.05, 4.69) is 37.9 Å². The Hall–Kier alpha value is -0.610. The molecule has 0 aromatic carbocycles. The van der Waals surface area contributed by atoms with Crippen molar-refractivity contribution in [2.24, 2.45) is 11.8 Å². The summed E-state index contributed by atoms with van der Waals surface area (Å²) in [6.07, 6.45) is 3.00. The van der Waals surface area contributed by atoms with E-state index in [0.29, 0.717) is 18.4 Å². The fourth-order valence-electron chi connectivity index (χ4n) is 3.77. The minimum absolute atomic E-state index is 0.0528. The third kappa shape index (κ3) is 5.26. The van der Waals surface area contributed by atoms with Gasteiger partial charge in [0.15, 0.2) is 0 Å². The summed E-state index contributed by atoms with van der Waals surface area (Å²) in [5.74, 6) is 1.08. The highest BCUT2D eigenvalue weighted by molar-refractivity contribution is 5.81. The number of nitrogens with zero attached hydrogens (tertiary/aromatic N) is 1. The van der Waals surface area contributed by atoms with Crippen molar-refractivity contribution in [2.75, 3.05) is 32.8 Å². The van der Waals surface area contributed by atoms with Crippen LogP contribution in [-0.4, -0.2) is 49.2 Å². The molecular formula is C17H34N2O2. The molecule has 4 nitrogen and oxygen atoms in total. The van der Waals surface area contributed by atoms with Gasteiger partial charge in [-0.25, -0.2) is 0 Å². The monoisotopic (exact) mass is 298 g/mol. The molecule has 0 aliphatic heterocycles. The van der Waals surface area contributed by atoms with E-state index < -0.39 is 5.54 Å². The van der Waals surface area contributed by atoms with Crippen LogP contribution < -0.4 is 5.32 Å². The van der Waals surface area contributed by atoms with Gasteiger partial charge in [-0.15, -0.1) is 0 Å². The van der Waals surface area contributed by atoms with Gasteiger partial charge in [-0.05, 0) is 51.1 Å². The lowest BCUT2D eigenvalue weighted by molar-refractivity contribution is -0.154.